The van der Waals surface area contributed by atoms with E-state index in [4.69, 9.17) is 9.47 Å². The number of benzene rings is 1. The molecule has 0 aromatic heterocycles. The van der Waals surface area contributed by atoms with Crippen LogP contribution in [0.4, 0.5) is 0 Å². The van der Waals surface area contributed by atoms with Gasteiger partial charge in [0.1, 0.15) is 0 Å². The Hall–Kier alpha value is -1.26. The van der Waals surface area contributed by atoms with E-state index in [0.29, 0.717) is 0 Å². The predicted octanol–water partition coefficient (Wildman–Crippen LogP) is 1.89. The second-order valence-electron chi connectivity index (χ2n) is 5.18. The van der Waals surface area contributed by atoms with Crippen LogP contribution in [0.25, 0.3) is 0 Å². The lowest BCUT2D eigenvalue weighted by Crippen LogP contribution is -2.42. The van der Waals surface area contributed by atoms with Crippen molar-refractivity contribution in [2.45, 2.75) is 26.5 Å². The zero-order chi connectivity index (χ0) is 13.7. The number of piperazine rings is 1. The molecule has 4 heteroatoms. The van der Waals surface area contributed by atoms with E-state index >= 15 is 0 Å². The maximum atomic E-state index is 5.81. The monoisotopic (exact) mass is 264 g/mol. The van der Waals surface area contributed by atoms with Crippen LogP contribution < -0.4 is 14.8 Å². The van der Waals surface area contributed by atoms with Crippen LogP contribution in [-0.2, 0) is 6.54 Å². The molecular weight excluding hydrogens is 240 g/mol. The fourth-order valence-electron chi connectivity index (χ4n) is 2.29. The summed E-state index contributed by atoms with van der Waals surface area (Å²) in [6.07, 6.45) is 0.156. The molecule has 1 aromatic carbocycles. The normalized spacial score (nSPS) is 16.6. The van der Waals surface area contributed by atoms with E-state index in [1.807, 2.05) is 19.9 Å². The van der Waals surface area contributed by atoms with E-state index in [0.717, 1.165) is 44.2 Å². The van der Waals surface area contributed by atoms with Crippen LogP contribution in [0, 0.1) is 0 Å². The number of hydrogen-bond acceptors (Lipinski definition) is 4. The standard InChI is InChI=1S/C15H24N2O2/c1-12(2)19-15-10-13(4-5-14(15)18-3)11-17-8-6-16-7-9-17/h4-5,10,12,16H,6-9,11H2,1-3H3. The summed E-state index contributed by atoms with van der Waals surface area (Å²) in [5.41, 5.74) is 1.28. The minimum Gasteiger partial charge on any atom is -0.493 e. The van der Waals surface area contributed by atoms with Crippen molar-refractivity contribution in [3.8, 4) is 11.5 Å². The van der Waals surface area contributed by atoms with Crippen LogP contribution in [0.15, 0.2) is 18.2 Å². The molecule has 0 bridgehead atoms. The molecule has 0 aliphatic carbocycles. The van der Waals surface area contributed by atoms with Gasteiger partial charge in [-0.25, -0.2) is 0 Å². The molecule has 0 atom stereocenters. The lowest BCUT2D eigenvalue weighted by atomic mass is 10.1. The Labute approximate surface area is 115 Å². The molecule has 0 saturated carbocycles. The average Bonchev–Trinajstić information content (AvgIpc) is 2.39. The molecule has 1 aliphatic heterocycles. The number of hydrogen-bond donors (Lipinski definition) is 1. The van der Waals surface area contributed by atoms with E-state index < -0.39 is 0 Å². The molecule has 106 valence electrons. The van der Waals surface area contributed by atoms with Crippen LogP contribution in [-0.4, -0.2) is 44.3 Å². The molecule has 0 spiro atoms. The van der Waals surface area contributed by atoms with Gasteiger partial charge in [-0.1, -0.05) is 6.07 Å². The second kappa shape index (κ2) is 6.78. The lowest BCUT2D eigenvalue weighted by molar-refractivity contribution is 0.224. The summed E-state index contributed by atoms with van der Waals surface area (Å²) >= 11 is 0. The molecule has 1 aromatic rings. The lowest BCUT2D eigenvalue weighted by Gasteiger charge is -2.27. The Morgan fingerprint density at radius 3 is 2.58 bits per heavy atom. The van der Waals surface area contributed by atoms with Crippen LogP contribution in [0.1, 0.15) is 19.4 Å². The SMILES string of the molecule is COc1ccc(CN2CCNCC2)cc1OC(C)C. The second-order valence-corrected chi connectivity index (χ2v) is 5.18. The summed E-state index contributed by atoms with van der Waals surface area (Å²) in [6, 6.07) is 6.21. The van der Waals surface area contributed by atoms with Gasteiger partial charge in [0.2, 0.25) is 0 Å². The van der Waals surface area contributed by atoms with Gasteiger partial charge >= 0.3 is 0 Å². The molecule has 1 heterocycles. The maximum Gasteiger partial charge on any atom is 0.161 e. The number of nitrogens with zero attached hydrogens (tertiary/aromatic N) is 1. The van der Waals surface area contributed by atoms with Gasteiger partial charge in [0.25, 0.3) is 0 Å². The first kappa shape index (κ1) is 14.2. The van der Waals surface area contributed by atoms with Crippen molar-refractivity contribution in [2.75, 3.05) is 33.3 Å². The maximum absolute atomic E-state index is 5.81. The molecule has 2 rings (SSSR count). The van der Waals surface area contributed by atoms with Gasteiger partial charge in [0.15, 0.2) is 11.5 Å². The average molecular weight is 264 g/mol. The molecule has 0 amide bonds. The van der Waals surface area contributed by atoms with Crippen molar-refractivity contribution in [2.24, 2.45) is 0 Å². The third kappa shape index (κ3) is 4.11. The minimum atomic E-state index is 0.156. The van der Waals surface area contributed by atoms with Crippen LogP contribution in [0.5, 0.6) is 11.5 Å². The Morgan fingerprint density at radius 1 is 1.21 bits per heavy atom. The number of nitrogens with one attached hydrogen (secondary N) is 1. The van der Waals surface area contributed by atoms with Gasteiger partial charge in [-0.05, 0) is 31.5 Å². The molecule has 4 nitrogen and oxygen atoms in total. The Balaban J connectivity index is 2.07. The molecule has 0 radical (unpaired) electrons. The Bertz CT molecular complexity index is 401. The van der Waals surface area contributed by atoms with Crippen molar-refractivity contribution in [1.82, 2.24) is 10.2 Å². The summed E-state index contributed by atoms with van der Waals surface area (Å²) < 4.78 is 11.2. The fourth-order valence-corrected chi connectivity index (χ4v) is 2.29. The summed E-state index contributed by atoms with van der Waals surface area (Å²) in [6.45, 7) is 9.39. The Kier molecular flexibility index (Phi) is 5.05. The van der Waals surface area contributed by atoms with Crippen molar-refractivity contribution in [1.29, 1.82) is 0 Å². The van der Waals surface area contributed by atoms with E-state index in [-0.39, 0.29) is 6.10 Å². The van der Waals surface area contributed by atoms with Gasteiger partial charge in [0, 0.05) is 32.7 Å². The first-order chi connectivity index (χ1) is 9.19. The first-order valence-electron chi connectivity index (χ1n) is 6.95. The molecular formula is C15H24N2O2. The van der Waals surface area contributed by atoms with Crippen LogP contribution in [0.3, 0.4) is 0 Å². The number of methoxy groups -OCH3 is 1. The van der Waals surface area contributed by atoms with Crippen molar-refractivity contribution in [3.05, 3.63) is 23.8 Å². The number of rotatable bonds is 5. The summed E-state index contributed by atoms with van der Waals surface area (Å²) in [4.78, 5) is 2.46. The van der Waals surface area contributed by atoms with Crippen molar-refractivity contribution in [3.63, 3.8) is 0 Å². The predicted molar refractivity (Wildman–Crippen MR) is 76.9 cm³/mol. The van der Waals surface area contributed by atoms with Gasteiger partial charge in [-0.2, -0.15) is 0 Å². The van der Waals surface area contributed by atoms with Gasteiger partial charge in [-0.3, -0.25) is 4.90 Å². The van der Waals surface area contributed by atoms with E-state index in [2.05, 4.69) is 22.3 Å². The van der Waals surface area contributed by atoms with E-state index in [1.54, 1.807) is 7.11 Å². The molecule has 1 aliphatic rings. The highest BCUT2D eigenvalue weighted by Gasteiger charge is 2.12. The fraction of sp³-hybridized carbons (Fsp3) is 0.600. The summed E-state index contributed by atoms with van der Waals surface area (Å²) in [7, 11) is 1.68. The highest BCUT2D eigenvalue weighted by Crippen LogP contribution is 2.29. The highest BCUT2D eigenvalue weighted by molar-refractivity contribution is 5.43. The molecule has 1 fully saturated rings. The van der Waals surface area contributed by atoms with Crippen LogP contribution >= 0.6 is 0 Å². The quantitative estimate of drug-likeness (QED) is 0.880. The zero-order valence-corrected chi connectivity index (χ0v) is 12.1. The van der Waals surface area contributed by atoms with E-state index in [9.17, 15) is 0 Å². The minimum absolute atomic E-state index is 0.156. The topological polar surface area (TPSA) is 33.7 Å². The highest BCUT2D eigenvalue weighted by atomic mass is 16.5. The molecule has 1 N–H and O–H groups in total. The molecule has 0 unspecified atom stereocenters. The van der Waals surface area contributed by atoms with Crippen LogP contribution in [0.2, 0.25) is 0 Å². The number of ether oxygens (including phenoxy) is 2. The zero-order valence-electron chi connectivity index (χ0n) is 12.1. The summed E-state index contributed by atoms with van der Waals surface area (Å²) in [5.74, 6) is 1.64. The van der Waals surface area contributed by atoms with Crippen molar-refractivity contribution < 1.29 is 9.47 Å². The summed E-state index contributed by atoms with van der Waals surface area (Å²) in [5, 5.41) is 3.37. The van der Waals surface area contributed by atoms with Gasteiger partial charge in [-0.15, -0.1) is 0 Å². The molecule has 19 heavy (non-hydrogen) atoms. The smallest absolute Gasteiger partial charge is 0.161 e. The van der Waals surface area contributed by atoms with E-state index in [1.165, 1.54) is 5.56 Å². The van der Waals surface area contributed by atoms with Crippen molar-refractivity contribution >= 4 is 0 Å². The third-order valence-corrected chi connectivity index (χ3v) is 3.21. The first-order valence-corrected chi connectivity index (χ1v) is 6.95. The third-order valence-electron chi connectivity index (χ3n) is 3.21. The largest absolute Gasteiger partial charge is 0.493 e. The molecule has 1 saturated heterocycles. The van der Waals surface area contributed by atoms with Gasteiger partial charge in [0.05, 0.1) is 13.2 Å². The Morgan fingerprint density at radius 2 is 1.95 bits per heavy atom. The van der Waals surface area contributed by atoms with Gasteiger partial charge < -0.3 is 14.8 Å².